The number of aromatic nitrogens is 2. The summed E-state index contributed by atoms with van der Waals surface area (Å²) in [7, 11) is 0. The Balaban J connectivity index is 0.00000433. The Morgan fingerprint density at radius 1 is 1.02 bits per heavy atom. The van der Waals surface area contributed by atoms with E-state index in [2.05, 4.69) is 27.8 Å². The summed E-state index contributed by atoms with van der Waals surface area (Å²) in [5.74, 6) is -0.530. The number of pyridine rings is 1. The molecular formula is C33H35Cl3N8O4S2. The molecule has 1 atom stereocenters. The molecule has 4 aromatic rings. The van der Waals surface area contributed by atoms with Crippen LogP contribution in [0.4, 0.5) is 5.82 Å². The van der Waals surface area contributed by atoms with E-state index in [1.165, 1.54) is 23.1 Å². The number of carboxylic acid groups (broad SMARTS) is 1. The number of nitrogens with two attached hydrogens (primary N) is 2. The number of carboxylic acids is 1. The normalized spacial score (nSPS) is 10.9. The molecule has 0 aliphatic heterocycles. The Labute approximate surface area is 315 Å². The van der Waals surface area contributed by atoms with Crippen LogP contribution >= 0.6 is 59.5 Å². The fourth-order valence-electron chi connectivity index (χ4n) is 4.66. The van der Waals surface area contributed by atoms with E-state index in [4.69, 9.17) is 37.9 Å². The van der Waals surface area contributed by atoms with Gasteiger partial charge in [-0.1, -0.05) is 54.0 Å². The van der Waals surface area contributed by atoms with Crippen molar-refractivity contribution in [3.05, 3.63) is 75.8 Å². The van der Waals surface area contributed by atoms with Crippen molar-refractivity contribution in [3.63, 3.8) is 0 Å². The van der Waals surface area contributed by atoms with Crippen LogP contribution in [0, 0.1) is 22.7 Å². The quantitative estimate of drug-likeness (QED) is 0.0650. The summed E-state index contributed by atoms with van der Waals surface area (Å²) < 4.78 is 5.85. The van der Waals surface area contributed by atoms with E-state index in [9.17, 15) is 20.1 Å². The maximum absolute atomic E-state index is 12.4. The van der Waals surface area contributed by atoms with Crippen molar-refractivity contribution in [2.75, 3.05) is 32.0 Å². The zero-order chi connectivity index (χ0) is 34.5. The van der Waals surface area contributed by atoms with Gasteiger partial charge in [-0.2, -0.15) is 10.5 Å². The van der Waals surface area contributed by atoms with E-state index in [0.29, 0.717) is 58.6 Å². The number of thioether (sulfide) groups is 1. The predicted octanol–water partition coefficient (Wildman–Crippen LogP) is 5.65. The average molecular weight is 778 g/mol. The Hall–Kier alpha value is -4.12. The summed E-state index contributed by atoms with van der Waals surface area (Å²) in [5.41, 5.74) is 14.9. The fraction of sp³-hybridized carbons (Fsp3) is 0.273. The highest BCUT2D eigenvalue weighted by Gasteiger charge is 2.22. The van der Waals surface area contributed by atoms with Crippen molar-refractivity contribution < 1.29 is 19.4 Å². The van der Waals surface area contributed by atoms with Crippen LogP contribution in [-0.2, 0) is 15.3 Å². The van der Waals surface area contributed by atoms with Crippen LogP contribution in [0.2, 0.25) is 5.02 Å². The number of nitrogen functional groups attached to an aromatic ring is 1. The van der Waals surface area contributed by atoms with Crippen LogP contribution in [0.1, 0.15) is 36.1 Å². The molecule has 0 bridgehead atoms. The van der Waals surface area contributed by atoms with E-state index in [1.54, 1.807) is 24.3 Å². The molecule has 0 fully saturated rings. The number of nitriles is 2. The predicted molar refractivity (Wildman–Crippen MR) is 201 cm³/mol. The Morgan fingerprint density at radius 2 is 1.70 bits per heavy atom. The Bertz CT molecular complexity index is 1810. The van der Waals surface area contributed by atoms with E-state index in [-0.39, 0.29) is 48.4 Å². The molecular weight excluding hydrogens is 743 g/mol. The number of anilines is 1. The van der Waals surface area contributed by atoms with Crippen LogP contribution in [-0.4, -0.2) is 59.2 Å². The van der Waals surface area contributed by atoms with Crippen molar-refractivity contribution >= 4 is 77.2 Å². The first-order chi connectivity index (χ1) is 23.2. The summed E-state index contributed by atoms with van der Waals surface area (Å²) in [6.07, 6.45) is 1.96. The van der Waals surface area contributed by atoms with Crippen molar-refractivity contribution in [1.82, 2.24) is 20.6 Å². The molecule has 4 rings (SSSR count). The van der Waals surface area contributed by atoms with Gasteiger partial charge in [-0.15, -0.1) is 36.2 Å². The minimum atomic E-state index is -1.12. The van der Waals surface area contributed by atoms with E-state index in [1.807, 2.05) is 29.6 Å². The maximum Gasteiger partial charge on any atom is 0.322 e. The third-order valence-electron chi connectivity index (χ3n) is 7.00. The fourth-order valence-corrected chi connectivity index (χ4v) is 6.60. The number of thiazole rings is 1. The van der Waals surface area contributed by atoms with Crippen LogP contribution in [0.15, 0.2) is 58.9 Å². The summed E-state index contributed by atoms with van der Waals surface area (Å²) in [6.45, 7) is 0.595. The molecule has 50 heavy (non-hydrogen) atoms. The number of halogens is 3. The Kier molecular flexibility index (Phi) is 17.8. The van der Waals surface area contributed by atoms with Crippen molar-refractivity contribution in [1.29, 1.82) is 10.5 Å². The first-order valence-electron chi connectivity index (χ1n) is 14.9. The van der Waals surface area contributed by atoms with E-state index in [0.717, 1.165) is 22.7 Å². The van der Waals surface area contributed by atoms with Gasteiger partial charge in [-0.25, -0.2) is 9.97 Å². The van der Waals surface area contributed by atoms with Gasteiger partial charge in [-0.05, 0) is 49.2 Å². The number of nitrogens with zero attached hydrogens (tertiary/aromatic N) is 4. The van der Waals surface area contributed by atoms with Gasteiger partial charge in [0.25, 0.3) is 0 Å². The van der Waals surface area contributed by atoms with E-state index >= 15 is 0 Å². The van der Waals surface area contributed by atoms with Gasteiger partial charge >= 0.3 is 5.97 Å². The molecule has 0 aliphatic rings. The lowest BCUT2D eigenvalue weighted by Crippen LogP contribution is -2.46. The molecule has 264 valence electrons. The van der Waals surface area contributed by atoms with Crippen LogP contribution < -0.4 is 26.8 Å². The van der Waals surface area contributed by atoms with Crippen molar-refractivity contribution in [3.8, 4) is 39.6 Å². The van der Waals surface area contributed by atoms with E-state index < -0.39 is 24.5 Å². The smallest absolute Gasteiger partial charge is 0.322 e. The van der Waals surface area contributed by atoms with Gasteiger partial charge in [0.2, 0.25) is 5.91 Å². The topological polar surface area (TPSA) is 213 Å². The summed E-state index contributed by atoms with van der Waals surface area (Å²) >= 11 is 8.82. The first-order valence-corrected chi connectivity index (χ1v) is 17.1. The highest BCUT2D eigenvalue weighted by atomic mass is 35.5. The number of aliphatic carboxylic acids is 1. The Morgan fingerprint density at radius 3 is 2.34 bits per heavy atom. The third kappa shape index (κ3) is 11.7. The second kappa shape index (κ2) is 21.2. The van der Waals surface area contributed by atoms with Crippen LogP contribution in [0.3, 0.4) is 0 Å². The van der Waals surface area contributed by atoms with Crippen molar-refractivity contribution in [2.24, 2.45) is 5.73 Å². The standard InChI is InChI=1S/C33H33ClN8O4S2.2ClH/c34-22-8-4-21(5-9-22)32-41-23(18-47-32)19-48-33-26(16-37)29(25(15-36)30(38)42-33)20-6-10-24(11-7-20)46-14-13-39-27(3-1-2-12-35)31(45)40-17-28(43)44;;/h4-11,18,27,39H,1-3,12-14,17,19,35H2,(H2,38,42)(H,40,45)(H,43,44);2*1H/t27-;;/m0../s1. The second-order valence-electron chi connectivity index (χ2n) is 10.4. The molecule has 1 amide bonds. The number of unbranched alkanes of at least 4 members (excludes halogenated alkanes) is 1. The maximum atomic E-state index is 12.4. The van der Waals surface area contributed by atoms with Gasteiger partial charge in [-0.3, -0.25) is 9.59 Å². The second-order valence-corrected chi connectivity index (χ2v) is 12.6. The molecule has 0 aliphatic carbocycles. The lowest BCUT2D eigenvalue weighted by molar-refractivity contribution is -0.138. The SMILES string of the molecule is Cl.Cl.N#Cc1c(N)nc(SCc2csc(-c3ccc(Cl)cc3)n2)c(C#N)c1-c1ccc(OCCN[C@@H](CCCCN)C(=O)NCC(=O)O)cc1. The lowest BCUT2D eigenvalue weighted by atomic mass is 9.97. The molecule has 0 saturated heterocycles. The number of carbonyl (C=O) groups excluding carboxylic acids is 1. The largest absolute Gasteiger partial charge is 0.492 e. The number of ether oxygens (including phenoxy) is 1. The molecule has 7 N–H and O–H groups in total. The molecule has 2 heterocycles. The lowest BCUT2D eigenvalue weighted by Gasteiger charge is -2.18. The zero-order valence-corrected chi connectivity index (χ0v) is 30.6. The van der Waals surface area contributed by atoms with Crippen molar-refractivity contribution in [2.45, 2.75) is 36.1 Å². The molecule has 0 saturated carbocycles. The van der Waals surface area contributed by atoms with Crippen LogP contribution in [0.25, 0.3) is 21.7 Å². The zero-order valence-electron chi connectivity index (χ0n) is 26.6. The minimum Gasteiger partial charge on any atom is -0.492 e. The number of rotatable bonds is 17. The molecule has 17 heteroatoms. The highest BCUT2D eigenvalue weighted by Crippen LogP contribution is 2.37. The third-order valence-corrected chi connectivity index (χ3v) is 9.20. The molecule has 12 nitrogen and oxygen atoms in total. The highest BCUT2D eigenvalue weighted by molar-refractivity contribution is 7.98. The molecule has 0 spiro atoms. The van der Waals surface area contributed by atoms with Crippen LogP contribution in [0.5, 0.6) is 5.75 Å². The first kappa shape index (κ1) is 42.0. The average Bonchev–Trinajstić information content (AvgIpc) is 3.56. The summed E-state index contributed by atoms with van der Waals surface area (Å²) in [6, 6.07) is 18.1. The van der Waals surface area contributed by atoms with Gasteiger partial charge < -0.3 is 31.9 Å². The van der Waals surface area contributed by atoms with Gasteiger partial charge in [0, 0.05) is 33.8 Å². The van der Waals surface area contributed by atoms with Gasteiger partial charge in [0.1, 0.15) is 52.5 Å². The number of hydrogen-bond donors (Lipinski definition) is 5. The minimum absolute atomic E-state index is 0. The van der Waals surface area contributed by atoms with Gasteiger partial charge in [0.05, 0.1) is 17.3 Å². The number of hydrogen-bond acceptors (Lipinski definition) is 12. The number of amides is 1. The monoisotopic (exact) mass is 776 g/mol. The number of carbonyl (C=O) groups is 2. The molecule has 0 unspecified atom stereocenters. The number of nitrogens with one attached hydrogen (secondary N) is 2. The summed E-state index contributed by atoms with van der Waals surface area (Å²) in [5, 5.41) is 38.3. The van der Waals surface area contributed by atoms with Gasteiger partial charge in [0.15, 0.2) is 0 Å². The molecule has 2 aromatic heterocycles. The summed E-state index contributed by atoms with van der Waals surface area (Å²) in [4.78, 5) is 32.4. The number of benzene rings is 2. The molecule has 2 aromatic carbocycles. The molecule has 0 radical (unpaired) electrons.